The van der Waals surface area contributed by atoms with Gasteiger partial charge >= 0.3 is 0 Å². The van der Waals surface area contributed by atoms with Crippen LogP contribution in [0.15, 0.2) is 47.5 Å². The molecule has 0 aliphatic heterocycles. The second kappa shape index (κ2) is 5.65. The van der Waals surface area contributed by atoms with E-state index >= 15 is 0 Å². The van der Waals surface area contributed by atoms with Crippen LogP contribution in [0, 0.1) is 0 Å². The summed E-state index contributed by atoms with van der Waals surface area (Å²) in [5.41, 5.74) is 2.10. The normalized spacial score (nSPS) is 10.8. The molecule has 0 fully saturated rings. The second-order valence-corrected chi connectivity index (χ2v) is 5.44. The van der Waals surface area contributed by atoms with Gasteiger partial charge < -0.3 is 4.74 Å². The lowest BCUT2D eigenvalue weighted by Gasteiger charge is -2.08. The molecule has 6 heteroatoms. The van der Waals surface area contributed by atoms with Gasteiger partial charge in [0.25, 0.3) is 0 Å². The van der Waals surface area contributed by atoms with E-state index in [0.717, 1.165) is 10.0 Å². The zero-order chi connectivity index (χ0) is 14.8. The highest BCUT2D eigenvalue weighted by Gasteiger charge is 2.15. The number of hydrogen-bond donors (Lipinski definition) is 0. The third kappa shape index (κ3) is 2.67. The van der Waals surface area contributed by atoms with Crippen LogP contribution in [0.2, 0.25) is 0 Å². The van der Waals surface area contributed by atoms with Gasteiger partial charge in [-0.3, -0.25) is 9.78 Å². The van der Waals surface area contributed by atoms with Crippen molar-refractivity contribution < 1.29 is 9.53 Å². The lowest BCUT2D eigenvalue weighted by atomic mass is 10.0. The van der Waals surface area contributed by atoms with Crippen molar-refractivity contribution in [3.05, 3.63) is 58.6 Å². The number of hydrogen-bond acceptors (Lipinski definition) is 4. The SMILES string of the molecule is COc1ccc(Br)cc1CC(=O)c1cnn2ccncc12. The Kier molecular flexibility index (Phi) is 3.70. The number of benzene rings is 1. The monoisotopic (exact) mass is 345 g/mol. The Morgan fingerprint density at radius 2 is 2.24 bits per heavy atom. The number of carbonyl (C=O) groups is 1. The van der Waals surface area contributed by atoms with Gasteiger partial charge in [-0.2, -0.15) is 5.10 Å². The summed E-state index contributed by atoms with van der Waals surface area (Å²) >= 11 is 3.41. The molecular formula is C15H12BrN3O2. The van der Waals surface area contributed by atoms with Crippen molar-refractivity contribution in [2.45, 2.75) is 6.42 Å². The summed E-state index contributed by atoms with van der Waals surface area (Å²) in [6.07, 6.45) is 6.80. The van der Waals surface area contributed by atoms with Gasteiger partial charge in [-0.15, -0.1) is 0 Å². The van der Waals surface area contributed by atoms with Crippen molar-refractivity contribution in [2.75, 3.05) is 7.11 Å². The van der Waals surface area contributed by atoms with Gasteiger partial charge in [0.15, 0.2) is 5.78 Å². The van der Waals surface area contributed by atoms with Crippen LogP contribution in [0.4, 0.5) is 0 Å². The fourth-order valence-corrected chi connectivity index (χ4v) is 2.61. The first-order valence-electron chi connectivity index (χ1n) is 6.32. The summed E-state index contributed by atoms with van der Waals surface area (Å²) in [4.78, 5) is 16.6. The Morgan fingerprint density at radius 3 is 3.05 bits per heavy atom. The van der Waals surface area contributed by atoms with Gasteiger partial charge in [0.05, 0.1) is 30.6 Å². The van der Waals surface area contributed by atoms with Crippen molar-refractivity contribution in [1.82, 2.24) is 14.6 Å². The number of ketones is 1. The zero-order valence-electron chi connectivity index (χ0n) is 11.3. The zero-order valence-corrected chi connectivity index (χ0v) is 12.9. The molecule has 0 amide bonds. The summed E-state index contributed by atoms with van der Waals surface area (Å²) in [5.74, 6) is 0.676. The summed E-state index contributed by atoms with van der Waals surface area (Å²) in [6, 6.07) is 5.61. The van der Waals surface area contributed by atoms with Crippen LogP contribution in [0.3, 0.4) is 0 Å². The quantitative estimate of drug-likeness (QED) is 0.682. The molecule has 0 unspecified atom stereocenters. The number of halogens is 1. The second-order valence-electron chi connectivity index (χ2n) is 4.52. The third-order valence-electron chi connectivity index (χ3n) is 3.22. The number of Topliss-reactive ketones (excluding diaryl/α,β-unsaturated/α-hetero) is 1. The molecular weight excluding hydrogens is 334 g/mol. The summed E-state index contributed by atoms with van der Waals surface area (Å²) in [6.45, 7) is 0. The van der Waals surface area contributed by atoms with E-state index in [2.05, 4.69) is 26.0 Å². The third-order valence-corrected chi connectivity index (χ3v) is 3.71. The maximum atomic E-state index is 12.5. The van der Waals surface area contributed by atoms with E-state index < -0.39 is 0 Å². The molecule has 0 atom stereocenters. The van der Waals surface area contributed by atoms with Crippen molar-refractivity contribution in [2.24, 2.45) is 0 Å². The largest absolute Gasteiger partial charge is 0.496 e. The molecule has 5 nitrogen and oxygen atoms in total. The lowest BCUT2D eigenvalue weighted by molar-refractivity contribution is 0.0993. The first kappa shape index (κ1) is 13.8. The molecule has 0 N–H and O–H groups in total. The van der Waals surface area contributed by atoms with Crippen LogP contribution < -0.4 is 4.74 Å². The minimum atomic E-state index is -0.0191. The van der Waals surface area contributed by atoms with E-state index in [4.69, 9.17) is 4.74 Å². The van der Waals surface area contributed by atoms with Gasteiger partial charge in [-0.1, -0.05) is 15.9 Å². The van der Waals surface area contributed by atoms with Crippen molar-refractivity contribution in [3.8, 4) is 5.75 Å². The van der Waals surface area contributed by atoms with Crippen LogP contribution >= 0.6 is 15.9 Å². The Hall–Kier alpha value is -2.21. The molecule has 0 spiro atoms. The van der Waals surface area contributed by atoms with Crippen molar-refractivity contribution >= 4 is 27.2 Å². The number of aromatic nitrogens is 3. The van der Waals surface area contributed by atoms with Crippen molar-refractivity contribution in [3.63, 3.8) is 0 Å². The predicted molar refractivity (Wildman–Crippen MR) is 81.7 cm³/mol. The fourth-order valence-electron chi connectivity index (χ4n) is 2.20. The van der Waals surface area contributed by atoms with Crippen molar-refractivity contribution in [1.29, 1.82) is 0 Å². The molecule has 0 saturated carbocycles. The predicted octanol–water partition coefficient (Wildman–Crippen LogP) is 2.93. The van der Waals surface area contributed by atoms with Gasteiger partial charge in [-0.05, 0) is 18.2 Å². The molecule has 3 rings (SSSR count). The number of fused-ring (bicyclic) bond motifs is 1. The van der Waals surface area contributed by atoms with Gasteiger partial charge in [0.2, 0.25) is 0 Å². The van der Waals surface area contributed by atoms with E-state index in [0.29, 0.717) is 16.8 Å². The maximum absolute atomic E-state index is 12.5. The molecule has 2 heterocycles. The topological polar surface area (TPSA) is 56.5 Å². The Labute approximate surface area is 129 Å². The molecule has 21 heavy (non-hydrogen) atoms. The number of carbonyl (C=O) groups excluding carboxylic acids is 1. The number of rotatable bonds is 4. The first-order valence-corrected chi connectivity index (χ1v) is 7.11. The molecule has 0 saturated heterocycles. The van der Waals surface area contributed by atoms with E-state index in [1.807, 2.05) is 18.2 Å². The average molecular weight is 346 g/mol. The van der Waals surface area contributed by atoms with Gasteiger partial charge in [0, 0.05) is 28.9 Å². The lowest BCUT2D eigenvalue weighted by Crippen LogP contribution is -2.05. The summed E-state index contributed by atoms with van der Waals surface area (Å²) in [5, 5.41) is 4.16. The Bertz CT molecular complexity index is 814. The minimum Gasteiger partial charge on any atom is -0.496 e. The van der Waals surface area contributed by atoms with E-state index in [1.54, 1.807) is 36.4 Å². The molecule has 106 valence electrons. The summed E-state index contributed by atoms with van der Waals surface area (Å²) in [7, 11) is 1.59. The first-order chi connectivity index (χ1) is 10.2. The molecule has 0 aliphatic rings. The molecule has 2 aromatic heterocycles. The highest BCUT2D eigenvalue weighted by molar-refractivity contribution is 9.10. The van der Waals surface area contributed by atoms with E-state index in [9.17, 15) is 4.79 Å². The van der Waals surface area contributed by atoms with Gasteiger partial charge in [0.1, 0.15) is 5.75 Å². The highest BCUT2D eigenvalue weighted by Crippen LogP contribution is 2.25. The highest BCUT2D eigenvalue weighted by atomic mass is 79.9. The Morgan fingerprint density at radius 1 is 1.38 bits per heavy atom. The maximum Gasteiger partial charge on any atom is 0.171 e. The minimum absolute atomic E-state index is 0.0191. The van der Waals surface area contributed by atoms with Crippen LogP contribution in [-0.4, -0.2) is 27.5 Å². The van der Waals surface area contributed by atoms with E-state index in [-0.39, 0.29) is 12.2 Å². The molecule has 1 aromatic carbocycles. The van der Waals surface area contributed by atoms with Crippen LogP contribution in [0.25, 0.3) is 5.52 Å². The van der Waals surface area contributed by atoms with Crippen LogP contribution in [0.1, 0.15) is 15.9 Å². The van der Waals surface area contributed by atoms with E-state index in [1.165, 1.54) is 0 Å². The standard InChI is InChI=1S/C15H12BrN3O2/c1-21-15-3-2-11(16)6-10(15)7-14(20)12-8-18-19-5-4-17-9-13(12)19/h2-6,8-9H,7H2,1H3. The molecule has 0 bridgehead atoms. The summed E-state index contributed by atoms with van der Waals surface area (Å²) < 4.78 is 7.85. The van der Waals surface area contributed by atoms with Gasteiger partial charge in [-0.25, -0.2) is 4.52 Å². The average Bonchev–Trinajstić information content (AvgIpc) is 2.91. The Balaban J connectivity index is 1.95. The number of methoxy groups -OCH3 is 1. The number of nitrogens with zero attached hydrogens (tertiary/aromatic N) is 3. The fraction of sp³-hybridized carbons (Fsp3) is 0.133. The van der Waals surface area contributed by atoms with Crippen LogP contribution in [-0.2, 0) is 6.42 Å². The number of ether oxygens (including phenoxy) is 1. The molecule has 0 aliphatic carbocycles. The molecule has 3 aromatic rings. The molecule has 0 radical (unpaired) electrons. The smallest absolute Gasteiger partial charge is 0.171 e. The van der Waals surface area contributed by atoms with Crippen LogP contribution in [0.5, 0.6) is 5.75 Å².